The van der Waals surface area contributed by atoms with Crippen LogP contribution in [-0.2, 0) is 6.54 Å². The first-order valence-electron chi connectivity index (χ1n) is 10.6. The van der Waals surface area contributed by atoms with Crippen molar-refractivity contribution in [1.82, 2.24) is 30.4 Å². The van der Waals surface area contributed by atoms with E-state index in [1.165, 1.54) is 0 Å². The number of carbonyl (C=O) groups excluding carboxylic acids is 1. The van der Waals surface area contributed by atoms with E-state index in [2.05, 4.69) is 35.4 Å². The Morgan fingerprint density at radius 2 is 1.81 bits per heavy atom. The van der Waals surface area contributed by atoms with E-state index in [1.807, 2.05) is 49.3 Å². The molecule has 1 fully saturated rings. The highest BCUT2D eigenvalue weighted by Crippen LogP contribution is 2.10. The molecule has 0 aliphatic carbocycles. The van der Waals surface area contributed by atoms with Gasteiger partial charge >= 0.3 is 0 Å². The Labute approximate surface area is 207 Å². The smallest absolute Gasteiger partial charge is 0.251 e. The predicted molar refractivity (Wildman–Crippen MR) is 139 cm³/mol. The van der Waals surface area contributed by atoms with Gasteiger partial charge in [-0.3, -0.25) is 9.79 Å². The average Bonchev–Trinajstić information content (AvgIpc) is 2.80. The number of piperazine rings is 1. The van der Waals surface area contributed by atoms with Gasteiger partial charge in [-0.2, -0.15) is 0 Å². The monoisotopic (exact) mass is 552 g/mol. The fraction of sp³-hybridized carbons (Fsp3) is 0.455. The molecule has 1 aliphatic rings. The quantitative estimate of drug-likeness (QED) is 0.304. The first-order chi connectivity index (χ1) is 15.1. The largest absolute Gasteiger partial charge is 0.352 e. The molecule has 1 amide bonds. The molecule has 1 saturated heterocycles. The molecule has 0 spiro atoms. The van der Waals surface area contributed by atoms with Gasteiger partial charge in [0, 0.05) is 70.8 Å². The van der Waals surface area contributed by atoms with Crippen molar-refractivity contribution in [3.05, 3.63) is 53.9 Å². The molecule has 10 heteroatoms. The van der Waals surface area contributed by atoms with Crippen LogP contribution in [0.15, 0.2) is 47.7 Å². The fourth-order valence-electron chi connectivity index (χ4n) is 3.40. The summed E-state index contributed by atoms with van der Waals surface area (Å²) in [5.74, 6) is 1.58. The van der Waals surface area contributed by atoms with Crippen molar-refractivity contribution < 1.29 is 4.79 Å². The van der Waals surface area contributed by atoms with Crippen LogP contribution in [0.5, 0.6) is 0 Å². The molecule has 0 radical (unpaired) electrons. The second-order valence-electron chi connectivity index (χ2n) is 7.68. The fourth-order valence-corrected chi connectivity index (χ4v) is 3.40. The van der Waals surface area contributed by atoms with Gasteiger partial charge < -0.3 is 25.3 Å². The van der Waals surface area contributed by atoms with Crippen LogP contribution >= 0.6 is 24.0 Å². The highest BCUT2D eigenvalue weighted by Gasteiger charge is 2.21. The summed E-state index contributed by atoms with van der Waals surface area (Å²) >= 11 is 0. The zero-order valence-electron chi connectivity index (χ0n) is 19.0. The molecular weight excluding hydrogens is 519 g/mol. The van der Waals surface area contributed by atoms with E-state index in [9.17, 15) is 4.79 Å². The lowest BCUT2D eigenvalue weighted by molar-refractivity contribution is 0.0951. The minimum atomic E-state index is -0.0488. The van der Waals surface area contributed by atoms with E-state index in [0.29, 0.717) is 18.7 Å². The number of aromatic nitrogens is 2. The van der Waals surface area contributed by atoms with Gasteiger partial charge in [0.25, 0.3) is 5.91 Å². The molecule has 1 aromatic carbocycles. The maximum absolute atomic E-state index is 12.4. The number of nitrogens with one attached hydrogen (secondary N) is 2. The van der Waals surface area contributed by atoms with E-state index in [0.717, 1.165) is 50.2 Å². The molecule has 174 valence electrons. The van der Waals surface area contributed by atoms with Gasteiger partial charge in [0.05, 0.1) is 0 Å². The van der Waals surface area contributed by atoms with Gasteiger partial charge in [-0.1, -0.05) is 12.1 Å². The number of hydrogen-bond acceptors (Lipinski definition) is 6. The van der Waals surface area contributed by atoms with Gasteiger partial charge in [-0.05, 0) is 37.9 Å². The highest BCUT2D eigenvalue weighted by atomic mass is 127. The maximum atomic E-state index is 12.4. The van der Waals surface area contributed by atoms with Gasteiger partial charge in [0.1, 0.15) is 0 Å². The lowest BCUT2D eigenvalue weighted by Gasteiger charge is -2.36. The Morgan fingerprint density at radius 3 is 2.47 bits per heavy atom. The normalized spacial score (nSPS) is 14.2. The number of rotatable bonds is 7. The Balaban J connectivity index is 0.00000363. The zero-order valence-corrected chi connectivity index (χ0v) is 21.3. The molecule has 0 atom stereocenters. The predicted octanol–water partition coefficient (Wildman–Crippen LogP) is 1.28. The van der Waals surface area contributed by atoms with Crippen LogP contribution < -0.4 is 15.5 Å². The molecule has 1 aliphatic heterocycles. The zero-order chi connectivity index (χ0) is 22.1. The van der Waals surface area contributed by atoms with E-state index in [4.69, 9.17) is 0 Å². The van der Waals surface area contributed by atoms with Gasteiger partial charge in [0.15, 0.2) is 5.96 Å². The molecule has 0 saturated carbocycles. The number of guanidine groups is 1. The van der Waals surface area contributed by atoms with Crippen molar-refractivity contribution >= 4 is 41.8 Å². The minimum absolute atomic E-state index is 0. The van der Waals surface area contributed by atoms with Crippen LogP contribution in [-0.4, -0.2) is 92.0 Å². The summed E-state index contributed by atoms with van der Waals surface area (Å²) < 4.78 is 0. The Bertz CT molecular complexity index is 869. The number of likely N-dealkylation sites (N-methyl/N-ethyl adjacent to an activating group) is 1. The van der Waals surface area contributed by atoms with Gasteiger partial charge in [-0.15, -0.1) is 24.0 Å². The molecule has 2 N–H and O–H groups in total. The van der Waals surface area contributed by atoms with Crippen molar-refractivity contribution in [2.24, 2.45) is 4.99 Å². The Hall–Kier alpha value is -2.47. The van der Waals surface area contributed by atoms with Crippen molar-refractivity contribution in [3.63, 3.8) is 0 Å². The first-order valence-corrected chi connectivity index (χ1v) is 10.6. The third-order valence-electron chi connectivity index (χ3n) is 5.11. The van der Waals surface area contributed by atoms with E-state index in [1.54, 1.807) is 19.4 Å². The molecule has 0 unspecified atom stereocenters. The van der Waals surface area contributed by atoms with Crippen molar-refractivity contribution in [1.29, 1.82) is 0 Å². The topological polar surface area (TPSA) is 89.0 Å². The highest BCUT2D eigenvalue weighted by molar-refractivity contribution is 14.0. The number of halogens is 1. The van der Waals surface area contributed by atoms with Crippen molar-refractivity contribution in [3.8, 4) is 0 Å². The third-order valence-corrected chi connectivity index (χ3v) is 5.11. The Morgan fingerprint density at radius 1 is 1.09 bits per heavy atom. The van der Waals surface area contributed by atoms with Crippen molar-refractivity contribution in [2.75, 3.05) is 65.3 Å². The van der Waals surface area contributed by atoms with E-state index in [-0.39, 0.29) is 29.9 Å². The maximum Gasteiger partial charge on any atom is 0.251 e. The molecule has 32 heavy (non-hydrogen) atoms. The molecule has 2 aromatic rings. The summed E-state index contributed by atoms with van der Waals surface area (Å²) in [5, 5.41) is 6.38. The number of aliphatic imine (C=N–C) groups is 1. The summed E-state index contributed by atoms with van der Waals surface area (Å²) in [6.07, 6.45) is 3.54. The van der Waals surface area contributed by atoms with E-state index >= 15 is 0 Å². The molecule has 0 bridgehead atoms. The standard InChI is InChI=1S/C22H32N8O.HI/c1-23-21(29-12-14-30(15-13-29)22-25-8-5-9-26-22)27-17-18-6-4-7-19(16-18)20(31)24-10-11-28(2)3;/h4-9,16H,10-15,17H2,1-3H3,(H,23,27)(H,24,31);1H. The number of anilines is 1. The molecular formula is C22H33IN8O. The van der Waals surface area contributed by atoms with Gasteiger partial charge in [0.2, 0.25) is 5.95 Å². The SMILES string of the molecule is CN=C(NCc1cccc(C(=O)NCCN(C)C)c1)N1CCN(c2ncccn2)CC1.I. The number of benzene rings is 1. The lowest BCUT2D eigenvalue weighted by Crippen LogP contribution is -2.52. The summed E-state index contributed by atoms with van der Waals surface area (Å²) in [4.78, 5) is 31.9. The molecule has 1 aromatic heterocycles. The number of amides is 1. The number of nitrogens with zero attached hydrogens (tertiary/aromatic N) is 6. The van der Waals surface area contributed by atoms with Crippen LogP contribution in [0.25, 0.3) is 0 Å². The summed E-state index contributed by atoms with van der Waals surface area (Å²) in [6, 6.07) is 9.53. The number of carbonyl (C=O) groups is 1. The molecule has 2 heterocycles. The number of hydrogen-bond donors (Lipinski definition) is 2. The van der Waals surface area contributed by atoms with Crippen LogP contribution in [0.2, 0.25) is 0 Å². The lowest BCUT2D eigenvalue weighted by atomic mass is 10.1. The summed E-state index contributed by atoms with van der Waals surface area (Å²) in [7, 11) is 5.77. The summed E-state index contributed by atoms with van der Waals surface area (Å²) in [6.45, 7) is 5.40. The first kappa shape index (κ1) is 25.8. The van der Waals surface area contributed by atoms with Crippen LogP contribution in [0.1, 0.15) is 15.9 Å². The second-order valence-corrected chi connectivity index (χ2v) is 7.68. The molecule has 9 nitrogen and oxygen atoms in total. The van der Waals surface area contributed by atoms with E-state index < -0.39 is 0 Å². The van der Waals surface area contributed by atoms with Gasteiger partial charge in [-0.25, -0.2) is 9.97 Å². The van der Waals surface area contributed by atoms with Crippen LogP contribution in [0, 0.1) is 0 Å². The Kier molecular flexibility index (Phi) is 10.6. The summed E-state index contributed by atoms with van der Waals surface area (Å²) in [5.41, 5.74) is 1.71. The average molecular weight is 552 g/mol. The molecule has 3 rings (SSSR count). The third kappa shape index (κ3) is 7.59. The van der Waals surface area contributed by atoms with Crippen LogP contribution in [0.3, 0.4) is 0 Å². The van der Waals surface area contributed by atoms with Crippen molar-refractivity contribution in [2.45, 2.75) is 6.54 Å². The second kappa shape index (κ2) is 13.2. The minimum Gasteiger partial charge on any atom is -0.352 e. The van der Waals surface area contributed by atoms with Crippen LogP contribution in [0.4, 0.5) is 5.95 Å².